The molecule has 0 aliphatic heterocycles. The minimum absolute atomic E-state index is 0.169. The largest absolute Gasteiger partial charge is 0.465 e. The zero-order valence-corrected chi connectivity index (χ0v) is 12.1. The Balaban J connectivity index is 2.47. The fourth-order valence-corrected chi connectivity index (χ4v) is 1.78. The standard InChI is InChI=1S/C15H22N2O3/c1-3-4-7-10-16-11-14(18)17-13-9-6-5-8-12(13)15(19)20-2/h5-6,8-9,16H,3-4,7,10-11H2,1-2H3,(H,17,18). The molecule has 1 aromatic carbocycles. The number of anilines is 1. The average molecular weight is 278 g/mol. The minimum Gasteiger partial charge on any atom is -0.465 e. The van der Waals surface area contributed by atoms with Crippen LogP contribution in [0.1, 0.15) is 36.5 Å². The number of benzene rings is 1. The van der Waals surface area contributed by atoms with Gasteiger partial charge in [-0.3, -0.25) is 4.79 Å². The van der Waals surface area contributed by atoms with Crippen molar-refractivity contribution in [3.05, 3.63) is 29.8 Å². The fraction of sp³-hybridized carbons (Fsp3) is 0.467. The summed E-state index contributed by atoms with van der Waals surface area (Å²) in [5.41, 5.74) is 0.828. The van der Waals surface area contributed by atoms with Crippen molar-refractivity contribution in [2.24, 2.45) is 0 Å². The summed E-state index contributed by atoms with van der Waals surface area (Å²) in [5, 5.41) is 5.79. The maximum absolute atomic E-state index is 11.8. The predicted molar refractivity (Wildman–Crippen MR) is 78.8 cm³/mol. The molecule has 0 bridgehead atoms. The van der Waals surface area contributed by atoms with Crippen molar-refractivity contribution < 1.29 is 14.3 Å². The van der Waals surface area contributed by atoms with Gasteiger partial charge in [0.2, 0.25) is 5.91 Å². The quantitative estimate of drug-likeness (QED) is 0.565. The lowest BCUT2D eigenvalue weighted by atomic mass is 10.2. The monoisotopic (exact) mass is 278 g/mol. The van der Waals surface area contributed by atoms with Gasteiger partial charge in [-0.25, -0.2) is 4.79 Å². The van der Waals surface area contributed by atoms with Gasteiger partial charge in [0.05, 0.1) is 24.9 Å². The molecule has 5 nitrogen and oxygen atoms in total. The molecule has 0 fully saturated rings. The molecule has 1 aromatic rings. The first-order valence-electron chi connectivity index (χ1n) is 6.87. The van der Waals surface area contributed by atoms with Crippen LogP contribution in [0.2, 0.25) is 0 Å². The first-order valence-corrected chi connectivity index (χ1v) is 6.87. The number of unbranched alkanes of at least 4 members (excludes halogenated alkanes) is 2. The molecule has 0 saturated heterocycles. The number of para-hydroxylation sites is 1. The second kappa shape index (κ2) is 9.09. The molecule has 0 spiro atoms. The molecule has 0 unspecified atom stereocenters. The number of ether oxygens (including phenoxy) is 1. The molecule has 1 amide bonds. The van der Waals surface area contributed by atoms with E-state index in [0.29, 0.717) is 11.3 Å². The van der Waals surface area contributed by atoms with Crippen LogP contribution < -0.4 is 10.6 Å². The number of nitrogens with one attached hydrogen (secondary N) is 2. The third kappa shape index (κ3) is 5.40. The van der Waals surface area contributed by atoms with Crippen LogP contribution in [0.5, 0.6) is 0 Å². The summed E-state index contributed by atoms with van der Waals surface area (Å²) in [4.78, 5) is 23.3. The molecular weight excluding hydrogens is 256 g/mol. The summed E-state index contributed by atoms with van der Waals surface area (Å²) in [6.07, 6.45) is 3.36. The van der Waals surface area contributed by atoms with Crippen molar-refractivity contribution >= 4 is 17.6 Å². The highest BCUT2D eigenvalue weighted by Crippen LogP contribution is 2.15. The Labute approximate surface area is 119 Å². The topological polar surface area (TPSA) is 67.4 Å². The van der Waals surface area contributed by atoms with Gasteiger partial charge in [0.1, 0.15) is 0 Å². The van der Waals surface area contributed by atoms with E-state index in [-0.39, 0.29) is 12.5 Å². The summed E-state index contributed by atoms with van der Waals surface area (Å²) >= 11 is 0. The lowest BCUT2D eigenvalue weighted by Gasteiger charge is -2.10. The molecule has 2 N–H and O–H groups in total. The SMILES string of the molecule is CCCCCNCC(=O)Nc1ccccc1C(=O)OC. The summed E-state index contributed by atoms with van der Waals surface area (Å²) in [6.45, 7) is 3.19. The van der Waals surface area contributed by atoms with E-state index in [1.165, 1.54) is 7.11 Å². The van der Waals surface area contributed by atoms with Crippen molar-refractivity contribution in [1.29, 1.82) is 0 Å². The first kappa shape index (κ1) is 16.2. The van der Waals surface area contributed by atoms with Crippen LogP contribution in [-0.4, -0.2) is 32.1 Å². The highest BCUT2D eigenvalue weighted by Gasteiger charge is 2.12. The summed E-state index contributed by atoms with van der Waals surface area (Å²) in [5.74, 6) is -0.630. The van der Waals surface area contributed by atoms with E-state index >= 15 is 0 Å². The number of carbonyl (C=O) groups excluding carboxylic acids is 2. The number of hydrogen-bond donors (Lipinski definition) is 2. The Bertz CT molecular complexity index is 446. The zero-order chi connectivity index (χ0) is 14.8. The molecule has 0 radical (unpaired) electrons. The van der Waals surface area contributed by atoms with E-state index in [4.69, 9.17) is 0 Å². The van der Waals surface area contributed by atoms with E-state index in [1.807, 2.05) is 0 Å². The average Bonchev–Trinajstić information content (AvgIpc) is 2.47. The molecule has 0 aromatic heterocycles. The van der Waals surface area contributed by atoms with Gasteiger partial charge in [-0.15, -0.1) is 0 Å². The van der Waals surface area contributed by atoms with Crippen molar-refractivity contribution in [3.8, 4) is 0 Å². The van der Waals surface area contributed by atoms with Gasteiger partial charge in [0, 0.05) is 0 Å². The Morgan fingerprint density at radius 1 is 1.20 bits per heavy atom. The third-order valence-electron chi connectivity index (χ3n) is 2.85. The van der Waals surface area contributed by atoms with Crippen molar-refractivity contribution in [3.63, 3.8) is 0 Å². The van der Waals surface area contributed by atoms with Gasteiger partial charge in [-0.1, -0.05) is 31.9 Å². The minimum atomic E-state index is -0.461. The van der Waals surface area contributed by atoms with E-state index in [1.54, 1.807) is 24.3 Å². The van der Waals surface area contributed by atoms with Gasteiger partial charge in [-0.05, 0) is 25.1 Å². The maximum Gasteiger partial charge on any atom is 0.339 e. The summed E-state index contributed by atoms with van der Waals surface area (Å²) < 4.78 is 4.68. The highest BCUT2D eigenvalue weighted by molar-refractivity contribution is 6.01. The molecule has 0 heterocycles. The molecular formula is C15H22N2O3. The highest BCUT2D eigenvalue weighted by atomic mass is 16.5. The first-order chi connectivity index (χ1) is 9.69. The maximum atomic E-state index is 11.8. The molecule has 110 valence electrons. The van der Waals surface area contributed by atoms with E-state index < -0.39 is 5.97 Å². The van der Waals surface area contributed by atoms with Gasteiger partial charge in [0.15, 0.2) is 0 Å². The normalized spacial score (nSPS) is 10.1. The second-order valence-electron chi connectivity index (χ2n) is 4.47. The third-order valence-corrected chi connectivity index (χ3v) is 2.85. The molecule has 0 atom stereocenters. The second-order valence-corrected chi connectivity index (χ2v) is 4.47. The lowest BCUT2D eigenvalue weighted by molar-refractivity contribution is -0.115. The Kier molecular flexibility index (Phi) is 7.35. The van der Waals surface area contributed by atoms with Crippen molar-refractivity contribution in [2.45, 2.75) is 26.2 Å². The van der Waals surface area contributed by atoms with Crippen molar-refractivity contribution in [1.82, 2.24) is 5.32 Å². The van der Waals surface area contributed by atoms with Gasteiger partial charge >= 0.3 is 5.97 Å². The Hall–Kier alpha value is -1.88. The van der Waals surface area contributed by atoms with Crippen LogP contribution in [0.15, 0.2) is 24.3 Å². The summed E-state index contributed by atoms with van der Waals surface area (Å²) in [6, 6.07) is 6.79. The number of amides is 1. The molecule has 1 rings (SSSR count). The Morgan fingerprint density at radius 3 is 2.65 bits per heavy atom. The van der Waals surface area contributed by atoms with Crippen LogP contribution in [0.3, 0.4) is 0 Å². The molecule has 20 heavy (non-hydrogen) atoms. The number of hydrogen-bond acceptors (Lipinski definition) is 4. The smallest absolute Gasteiger partial charge is 0.339 e. The van der Waals surface area contributed by atoms with Crippen LogP contribution in [-0.2, 0) is 9.53 Å². The van der Waals surface area contributed by atoms with Gasteiger partial charge < -0.3 is 15.4 Å². The van der Waals surface area contributed by atoms with Crippen molar-refractivity contribution in [2.75, 3.05) is 25.5 Å². The molecule has 0 aliphatic rings. The molecule has 5 heteroatoms. The van der Waals surface area contributed by atoms with Gasteiger partial charge in [-0.2, -0.15) is 0 Å². The van der Waals surface area contributed by atoms with Crippen LogP contribution in [0.25, 0.3) is 0 Å². The van der Waals surface area contributed by atoms with Gasteiger partial charge in [0.25, 0.3) is 0 Å². The van der Waals surface area contributed by atoms with E-state index in [2.05, 4.69) is 22.3 Å². The number of carbonyl (C=O) groups is 2. The summed E-state index contributed by atoms with van der Waals surface area (Å²) in [7, 11) is 1.32. The predicted octanol–water partition coefficient (Wildman–Crippen LogP) is 2.19. The van der Waals surface area contributed by atoms with E-state index in [9.17, 15) is 9.59 Å². The molecule has 0 aliphatic carbocycles. The van der Waals surface area contributed by atoms with Crippen LogP contribution in [0, 0.1) is 0 Å². The lowest BCUT2D eigenvalue weighted by Crippen LogP contribution is -2.29. The Morgan fingerprint density at radius 2 is 1.95 bits per heavy atom. The van der Waals surface area contributed by atoms with Crippen LogP contribution in [0.4, 0.5) is 5.69 Å². The number of methoxy groups -OCH3 is 1. The zero-order valence-electron chi connectivity index (χ0n) is 12.1. The number of esters is 1. The number of rotatable bonds is 8. The van der Waals surface area contributed by atoms with Crippen LogP contribution >= 0.6 is 0 Å². The fourth-order valence-electron chi connectivity index (χ4n) is 1.78. The van der Waals surface area contributed by atoms with E-state index in [0.717, 1.165) is 25.8 Å². The molecule has 0 saturated carbocycles.